The first-order chi connectivity index (χ1) is 13.3. The summed E-state index contributed by atoms with van der Waals surface area (Å²) in [6, 6.07) is 0. The Morgan fingerprint density at radius 3 is 2.48 bits per heavy atom. The average molecular weight is 436 g/mol. The maximum absolute atomic E-state index is 12.7. The summed E-state index contributed by atoms with van der Waals surface area (Å²) in [6.45, 7) is 15.2. The van der Waals surface area contributed by atoms with Crippen molar-refractivity contribution in [2.45, 2.75) is 103 Å². The van der Waals surface area contributed by atoms with E-state index < -0.39 is 25.6 Å². The summed E-state index contributed by atoms with van der Waals surface area (Å²) in [4.78, 5) is 10.3. The highest BCUT2D eigenvalue weighted by molar-refractivity contribution is 7.47. The van der Waals surface area contributed by atoms with Gasteiger partial charge < -0.3 is 23.8 Å². The summed E-state index contributed by atoms with van der Waals surface area (Å²) in [5.41, 5.74) is -1.35. The van der Waals surface area contributed by atoms with Gasteiger partial charge >= 0.3 is 7.82 Å². The van der Waals surface area contributed by atoms with Gasteiger partial charge in [0.05, 0.1) is 31.0 Å². The van der Waals surface area contributed by atoms with Crippen molar-refractivity contribution < 1.29 is 37.8 Å². The van der Waals surface area contributed by atoms with Crippen LogP contribution >= 0.6 is 7.82 Å². The zero-order valence-electron chi connectivity index (χ0n) is 18.4. The van der Waals surface area contributed by atoms with E-state index in [1.807, 2.05) is 41.5 Å². The van der Waals surface area contributed by atoms with Crippen LogP contribution in [-0.4, -0.2) is 58.8 Å². The van der Waals surface area contributed by atoms with Gasteiger partial charge in [-0.2, -0.15) is 0 Å². The fraction of sp³-hybridized carbons (Fsp3) is 0.900. The van der Waals surface area contributed by atoms with Gasteiger partial charge in [-0.25, -0.2) is 4.57 Å². The Hall–Kier alpha value is -0.470. The minimum atomic E-state index is -4.54. The average Bonchev–Trinajstić information content (AvgIpc) is 3.03. The molecular formula is C20H37O8P. The lowest BCUT2D eigenvalue weighted by atomic mass is 10.0. The van der Waals surface area contributed by atoms with Crippen molar-refractivity contribution >= 4 is 7.82 Å². The lowest BCUT2D eigenvalue weighted by molar-refractivity contribution is -0.113. The highest BCUT2D eigenvalue weighted by Gasteiger charge is 2.50. The Balaban J connectivity index is 2.02. The van der Waals surface area contributed by atoms with Crippen LogP contribution in [0.2, 0.25) is 0 Å². The van der Waals surface area contributed by atoms with Crippen molar-refractivity contribution in [3.63, 3.8) is 0 Å². The van der Waals surface area contributed by atoms with Crippen molar-refractivity contribution in [2.75, 3.05) is 6.61 Å². The van der Waals surface area contributed by atoms with E-state index in [2.05, 4.69) is 6.58 Å². The Morgan fingerprint density at radius 1 is 1.24 bits per heavy atom. The molecule has 0 aromatic rings. The van der Waals surface area contributed by atoms with Crippen LogP contribution in [0.3, 0.4) is 0 Å². The van der Waals surface area contributed by atoms with Crippen LogP contribution < -0.4 is 0 Å². The summed E-state index contributed by atoms with van der Waals surface area (Å²) in [7, 11) is -4.54. The monoisotopic (exact) mass is 436 g/mol. The number of ether oxygens (including phenoxy) is 3. The maximum Gasteiger partial charge on any atom is 0.527 e. The lowest BCUT2D eigenvalue weighted by Crippen LogP contribution is -2.44. The van der Waals surface area contributed by atoms with Crippen molar-refractivity contribution in [3.8, 4) is 0 Å². The van der Waals surface area contributed by atoms with Crippen molar-refractivity contribution in [3.05, 3.63) is 12.3 Å². The molecule has 2 fully saturated rings. The molecule has 0 aromatic carbocycles. The molecule has 1 aliphatic carbocycles. The van der Waals surface area contributed by atoms with E-state index >= 15 is 0 Å². The minimum absolute atomic E-state index is 0.0150. The van der Waals surface area contributed by atoms with Crippen LogP contribution in [0.4, 0.5) is 0 Å². The second-order valence-electron chi connectivity index (χ2n) is 8.95. The third-order valence-corrected chi connectivity index (χ3v) is 6.11. The third-order valence-electron chi connectivity index (χ3n) is 5.12. The fourth-order valence-electron chi connectivity index (χ4n) is 3.99. The van der Waals surface area contributed by atoms with E-state index in [-0.39, 0.29) is 42.7 Å². The largest absolute Gasteiger partial charge is 0.527 e. The summed E-state index contributed by atoms with van der Waals surface area (Å²) < 4.78 is 40.5. The van der Waals surface area contributed by atoms with Gasteiger partial charge in [-0.15, -0.1) is 0 Å². The summed E-state index contributed by atoms with van der Waals surface area (Å²) in [5.74, 6) is 0.102. The molecule has 7 atom stereocenters. The third kappa shape index (κ3) is 7.03. The first-order valence-electron chi connectivity index (χ1n) is 10.4. The minimum Gasteiger partial charge on any atom is -0.406 e. The molecule has 1 aliphatic heterocycles. The topological polar surface area (TPSA) is 104 Å². The predicted octanol–water partition coefficient (Wildman–Crippen LogP) is 3.56. The zero-order chi connectivity index (χ0) is 22.0. The Bertz CT molecular complexity index is 609. The van der Waals surface area contributed by atoms with Gasteiger partial charge in [0.1, 0.15) is 23.6 Å². The molecule has 1 heterocycles. The molecule has 0 radical (unpaired) electrons. The van der Waals surface area contributed by atoms with Gasteiger partial charge in [-0.05, 0) is 53.4 Å². The van der Waals surface area contributed by atoms with E-state index in [0.29, 0.717) is 19.3 Å². The zero-order valence-corrected chi connectivity index (χ0v) is 19.3. The summed E-state index contributed by atoms with van der Waals surface area (Å²) >= 11 is 0. The molecule has 0 bridgehead atoms. The van der Waals surface area contributed by atoms with Crippen molar-refractivity contribution in [2.24, 2.45) is 5.92 Å². The fourth-order valence-corrected chi connectivity index (χ4v) is 5.04. The molecule has 29 heavy (non-hydrogen) atoms. The molecule has 1 saturated carbocycles. The quantitative estimate of drug-likeness (QED) is 0.396. The van der Waals surface area contributed by atoms with Gasteiger partial charge in [0.25, 0.3) is 0 Å². The normalized spacial score (nSPS) is 37.2. The molecule has 0 amide bonds. The molecule has 170 valence electrons. The highest BCUT2D eigenvalue weighted by atomic mass is 31.2. The van der Waals surface area contributed by atoms with Gasteiger partial charge in [0.2, 0.25) is 0 Å². The van der Waals surface area contributed by atoms with Crippen LogP contribution in [-0.2, 0) is 27.8 Å². The van der Waals surface area contributed by atoms with E-state index in [0.717, 1.165) is 0 Å². The van der Waals surface area contributed by atoms with E-state index in [1.54, 1.807) is 0 Å². The molecule has 3 unspecified atom stereocenters. The van der Waals surface area contributed by atoms with E-state index in [4.69, 9.17) is 23.3 Å². The summed E-state index contributed by atoms with van der Waals surface area (Å²) in [5, 5.41) is 11.0. The number of hydrogen-bond acceptors (Lipinski definition) is 7. The molecule has 2 N–H and O–H groups in total. The molecule has 0 aromatic heterocycles. The molecular weight excluding hydrogens is 399 g/mol. The van der Waals surface area contributed by atoms with E-state index in [9.17, 15) is 14.6 Å². The van der Waals surface area contributed by atoms with Crippen LogP contribution in [0.25, 0.3) is 0 Å². The first-order valence-corrected chi connectivity index (χ1v) is 11.9. The Labute approximate surface area is 174 Å². The molecule has 0 spiro atoms. The predicted molar refractivity (Wildman–Crippen MR) is 108 cm³/mol. The molecule has 2 rings (SSSR count). The van der Waals surface area contributed by atoms with Crippen molar-refractivity contribution in [1.29, 1.82) is 0 Å². The van der Waals surface area contributed by atoms with E-state index in [1.165, 1.54) is 0 Å². The maximum atomic E-state index is 12.7. The molecule has 2 aliphatic rings. The Morgan fingerprint density at radius 2 is 1.90 bits per heavy atom. The van der Waals surface area contributed by atoms with Crippen LogP contribution in [0.15, 0.2) is 12.3 Å². The molecule has 9 heteroatoms. The second kappa shape index (κ2) is 9.77. The SMILES string of the molecule is C=C(OP(=O)(O)OC1C[C@H](C)C[C@]1(O)COC(C)C)[C@H]1O[C@@H](C)CC1OC(C)C. The number of phosphoric acid groups is 1. The number of rotatable bonds is 10. The standard InChI is InChI=1S/C20H37O8P/c1-12(2)24-11-20(21)10-14(5)8-18(20)28-29(22,23)27-16(7)19-17(25-13(3)4)9-15(6)26-19/h12-15,17-19,21H,7-11H2,1-6H3,(H,22,23)/t14-,15-,17?,18?,19+,20-/m0/s1. The molecule has 1 saturated heterocycles. The van der Waals surface area contributed by atoms with Crippen LogP contribution in [0.1, 0.15) is 60.8 Å². The Kier molecular flexibility index (Phi) is 8.36. The molecule has 8 nitrogen and oxygen atoms in total. The van der Waals surface area contributed by atoms with Crippen LogP contribution in [0, 0.1) is 5.92 Å². The number of aliphatic hydroxyl groups is 1. The van der Waals surface area contributed by atoms with Crippen molar-refractivity contribution in [1.82, 2.24) is 0 Å². The van der Waals surface area contributed by atoms with Gasteiger partial charge in [0.15, 0.2) is 0 Å². The highest BCUT2D eigenvalue weighted by Crippen LogP contribution is 2.52. The van der Waals surface area contributed by atoms with Gasteiger partial charge in [-0.3, -0.25) is 9.42 Å². The lowest BCUT2D eigenvalue weighted by Gasteiger charge is -2.32. The van der Waals surface area contributed by atoms with Gasteiger partial charge in [-0.1, -0.05) is 13.5 Å². The number of phosphoric ester groups is 1. The second-order valence-corrected chi connectivity index (χ2v) is 10.3. The van der Waals surface area contributed by atoms with Gasteiger partial charge in [0, 0.05) is 6.42 Å². The van der Waals surface area contributed by atoms with Crippen LogP contribution in [0.5, 0.6) is 0 Å². The smallest absolute Gasteiger partial charge is 0.406 e. The number of hydrogen-bond donors (Lipinski definition) is 2. The summed E-state index contributed by atoms with van der Waals surface area (Å²) in [6.07, 6.45) is -0.587. The first kappa shape index (κ1) is 24.8.